The summed E-state index contributed by atoms with van der Waals surface area (Å²) in [6.07, 6.45) is -3.93. The van der Waals surface area contributed by atoms with Crippen LogP contribution >= 0.6 is 24.0 Å². The summed E-state index contributed by atoms with van der Waals surface area (Å²) in [5, 5.41) is 2.81. The molecule has 0 fully saturated rings. The molecule has 0 aliphatic carbocycles. The van der Waals surface area contributed by atoms with Gasteiger partial charge in [0.2, 0.25) is 0 Å². The molecule has 3 N–H and O–H groups in total. The van der Waals surface area contributed by atoms with Crippen LogP contribution in [0.3, 0.4) is 0 Å². The number of halogens is 4. The van der Waals surface area contributed by atoms with E-state index in [0.717, 1.165) is 17.7 Å². The Balaban J connectivity index is 0.00000420. The Morgan fingerprint density at radius 3 is 2.45 bits per heavy atom. The van der Waals surface area contributed by atoms with Gasteiger partial charge in [0.1, 0.15) is 11.5 Å². The summed E-state index contributed by atoms with van der Waals surface area (Å²) in [6.45, 7) is 1.51. The lowest BCUT2D eigenvalue weighted by atomic mass is 10.2. The lowest BCUT2D eigenvalue weighted by Gasteiger charge is -2.10. The van der Waals surface area contributed by atoms with Crippen molar-refractivity contribution in [1.82, 2.24) is 0 Å². The third-order valence-corrected chi connectivity index (χ3v) is 3.45. The van der Waals surface area contributed by atoms with Crippen molar-refractivity contribution in [2.24, 2.45) is 10.7 Å². The highest BCUT2D eigenvalue weighted by molar-refractivity contribution is 14.0. The van der Waals surface area contributed by atoms with Crippen LogP contribution in [-0.2, 0) is 11.3 Å². The van der Waals surface area contributed by atoms with Crippen molar-refractivity contribution in [3.8, 4) is 11.5 Å². The first kappa shape index (κ1) is 24.8. The molecular weight excluding hydrogens is 502 g/mol. The molecule has 0 radical (unpaired) electrons. The minimum atomic E-state index is -4.72. The highest BCUT2D eigenvalue weighted by Gasteiger charge is 2.30. The van der Waals surface area contributed by atoms with Crippen molar-refractivity contribution in [1.29, 1.82) is 0 Å². The molecule has 0 aliphatic rings. The summed E-state index contributed by atoms with van der Waals surface area (Å²) in [5.74, 6) is 0.558. The van der Waals surface area contributed by atoms with Crippen LogP contribution in [0.25, 0.3) is 0 Å². The Bertz CT molecular complexity index is 771. The van der Waals surface area contributed by atoms with Crippen LogP contribution in [0.2, 0.25) is 0 Å². The number of methoxy groups -OCH3 is 1. The normalized spacial score (nSPS) is 11.5. The Labute approximate surface area is 184 Å². The summed E-state index contributed by atoms with van der Waals surface area (Å²) in [6, 6.07) is 12.7. The maximum atomic E-state index is 12.2. The quantitative estimate of drug-likeness (QED) is 0.218. The lowest BCUT2D eigenvalue weighted by Crippen LogP contribution is -2.22. The predicted molar refractivity (Wildman–Crippen MR) is 116 cm³/mol. The molecule has 2 aromatic rings. The fourth-order valence-electron chi connectivity index (χ4n) is 2.23. The molecule has 160 valence electrons. The molecule has 29 heavy (non-hydrogen) atoms. The average molecular weight is 525 g/mol. The van der Waals surface area contributed by atoms with Crippen molar-refractivity contribution < 1.29 is 27.4 Å². The molecule has 0 saturated heterocycles. The lowest BCUT2D eigenvalue weighted by molar-refractivity contribution is -0.274. The number of hydrogen-bond donors (Lipinski definition) is 2. The molecule has 0 spiro atoms. The number of nitrogens with two attached hydrogens (primary N) is 1. The minimum Gasteiger partial charge on any atom is -0.493 e. The number of anilines is 1. The van der Waals surface area contributed by atoms with Crippen molar-refractivity contribution in [3.05, 3.63) is 54.1 Å². The summed E-state index contributed by atoms with van der Waals surface area (Å²) in [4.78, 5) is 4.22. The molecule has 0 unspecified atom stereocenters. The number of guanidine groups is 1. The van der Waals surface area contributed by atoms with Gasteiger partial charge in [-0.25, -0.2) is 4.99 Å². The minimum absolute atomic E-state index is 0. The predicted octanol–water partition coefficient (Wildman–Crippen LogP) is 4.55. The smallest absolute Gasteiger partial charge is 0.493 e. The molecule has 2 aromatic carbocycles. The number of nitrogens with zero attached hydrogens (tertiary/aromatic N) is 1. The van der Waals surface area contributed by atoms with E-state index in [1.165, 1.54) is 24.3 Å². The molecule has 0 saturated carbocycles. The van der Waals surface area contributed by atoms with E-state index >= 15 is 0 Å². The fraction of sp³-hybridized carbons (Fsp3) is 0.316. The van der Waals surface area contributed by atoms with Gasteiger partial charge in [0.05, 0.1) is 13.2 Å². The van der Waals surface area contributed by atoms with Crippen molar-refractivity contribution >= 4 is 35.6 Å². The second-order valence-corrected chi connectivity index (χ2v) is 5.74. The van der Waals surface area contributed by atoms with E-state index in [2.05, 4.69) is 15.0 Å². The largest absolute Gasteiger partial charge is 0.573 e. The van der Waals surface area contributed by atoms with Gasteiger partial charge in [0, 0.05) is 25.8 Å². The fourth-order valence-corrected chi connectivity index (χ4v) is 2.23. The highest BCUT2D eigenvalue weighted by atomic mass is 127. The number of benzene rings is 2. The third-order valence-electron chi connectivity index (χ3n) is 3.45. The van der Waals surface area contributed by atoms with E-state index in [1.807, 2.05) is 24.3 Å². The van der Waals surface area contributed by atoms with Gasteiger partial charge < -0.3 is 25.3 Å². The van der Waals surface area contributed by atoms with Crippen LogP contribution in [0.4, 0.5) is 18.9 Å². The first-order valence-electron chi connectivity index (χ1n) is 8.49. The van der Waals surface area contributed by atoms with E-state index in [-0.39, 0.29) is 35.7 Å². The number of alkyl halides is 3. The Morgan fingerprint density at radius 2 is 1.79 bits per heavy atom. The molecular formula is C19H23F3IN3O3. The number of ether oxygens (including phenoxy) is 3. The molecule has 0 aliphatic heterocycles. The second-order valence-electron chi connectivity index (χ2n) is 5.74. The summed E-state index contributed by atoms with van der Waals surface area (Å²) < 4.78 is 50.9. The van der Waals surface area contributed by atoms with Crippen LogP contribution in [0, 0.1) is 0 Å². The van der Waals surface area contributed by atoms with E-state index in [1.54, 1.807) is 7.11 Å². The monoisotopic (exact) mass is 525 g/mol. The van der Waals surface area contributed by atoms with Gasteiger partial charge in [-0.2, -0.15) is 0 Å². The van der Waals surface area contributed by atoms with Gasteiger partial charge >= 0.3 is 6.36 Å². The zero-order valence-electron chi connectivity index (χ0n) is 15.7. The maximum Gasteiger partial charge on any atom is 0.573 e. The van der Waals surface area contributed by atoms with Gasteiger partial charge in [-0.05, 0) is 42.0 Å². The van der Waals surface area contributed by atoms with Crippen molar-refractivity contribution in [2.45, 2.75) is 19.3 Å². The van der Waals surface area contributed by atoms with Crippen LogP contribution in [-0.4, -0.2) is 32.6 Å². The Hall–Kier alpha value is -2.21. The van der Waals surface area contributed by atoms with Gasteiger partial charge in [-0.15, -0.1) is 37.1 Å². The zero-order chi connectivity index (χ0) is 20.4. The summed E-state index contributed by atoms with van der Waals surface area (Å²) >= 11 is 0. The second kappa shape index (κ2) is 12.4. The Kier molecular flexibility index (Phi) is 10.6. The van der Waals surface area contributed by atoms with Crippen molar-refractivity contribution in [2.75, 3.05) is 25.6 Å². The molecule has 6 nitrogen and oxygen atoms in total. The van der Waals surface area contributed by atoms with Crippen molar-refractivity contribution in [3.63, 3.8) is 0 Å². The number of aliphatic imine (C=N–C) groups is 1. The van der Waals surface area contributed by atoms with E-state index < -0.39 is 6.36 Å². The standard InChI is InChI=1S/C19H22F3N3O3.HI/c1-26-10-3-11-27-17-5-2-4-14(12-17)13-24-18(23)25-15-6-8-16(9-7-15)28-19(20,21)22;/h2,4-9,12H,3,10-11,13H2,1H3,(H3,23,24,25);1H. The van der Waals surface area contributed by atoms with Gasteiger partial charge in [0.25, 0.3) is 0 Å². The van der Waals surface area contributed by atoms with Crippen LogP contribution in [0.1, 0.15) is 12.0 Å². The first-order chi connectivity index (χ1) is 13.4. The van der Waals surface area contributed by atoms with Crippen LogP contribution < -0.4 is 20.5 Å². The number of rotatable bonds is 9. The van der Waals surface area contributed by atoms with Crippen LogP contribution in [0.5, 0.6) is 11.5 Å². The highest BCUT2D eigenvalue weighted by Crippen LogP contribution is 2.23. The summed E-state index contributed by atoms with van der Waals surface area (Å²) in [5.41, 5.74) is 7.22. The van der Waals surface area contributed by atoms with Gasteiger partial charge in [0.15, 0.2) is 5.96 Å². The SMILES string of the molecule is COCCCOc1cccc(CN=C(N)Nc2ccc(OC(F)(F)F)cc2)c1.I. The van der Waals surface area contributed by atoms with E-state index in [4.69, 9.17) is 15.2 Å². The van der Waals surface area contributed by atoms with Gasteiger partial charge in [-0.1, -0.05) is 12.1 Å². The average Bonchev–Trinajstić information content (AvgIpc) is 2.64. The number of nitrogens with one attached hydrogen (secondary N) is 1. The molecule has 0 atom stereocenters. The molecule has 0 aromatic heterocycles. The zero-order valence-corrected chi connectivity index (χ0v) is 18.1. The molecule has 0 amide bonds. The number of hydrogen-bond acceptors (Lipinski definition) is 4. The summed E-state index contributed by atoms with van der Waals surface area (Å²) in [7, 11) is 1.64. The van der Waals surface area contributed by atoms with E-state index in [9.17, 15) is 13.2 Å². The van der Waals surface area contributed by atoms with Crippen LogP contribution in [0.15, 0.2) is 53.5 Å². The Morgan fingerprint density at radius 1 is 1.07 bits per heavy atom. The topological polar surface area (TPSA) is 78.1 Å². The maximum absolute atomic E-state index is 12.2. The molecule has 0 bridgehead atoms. The van der Waals surface area contributed by atoms with E-state index in [0.29, 0.717) is 25.4 Å². The molecule has 2 rings (SSSR count). The first-order valence-corrected chi connectivity index (χ1v) is 8.49. The third kappa shape index (κ3) is 10.2. The van der Waals surface area contributed by atoms with Gasteiger partial charge in [-0.3, -0.25) is 0 Å². The molecule has 0 heterocycles. The molecule has 10 heteroatoms.